The molecule has 0 saturated heterocycles. The van der Waals surface area contributed by atoms with Crippen molar-refractivity contribution < 1.29 is 14.3 Å². The summed E-state index contributed by atoms with van der Waals surface area (Å²) in [6.07, 6.45) is 3.30. The molecule has 1 aliphatic carbocycles. The van der Waals surface area contributed by atoms with Crippen molar-refractivity contribution in [2.24, 2.45) is 28.3 Å². The number of halogens is 1. The lowest BCUT2D eigenvalue weighted by atomic mass is 9.82. The van der Waals surface area contributed by atoms with Crippen LogP contribution in [0, 0.1) is 11.8 Å². The van der Waals surface area contributed by atoms with E-state index in [1.54, 1.807) is 24.3 Å². The minimum atomic E-state index is -0.265. The molecule has 1 aromatic carbocycles. The van der Waals surface area contributed by atoms with Crippen LogP contribution >= 0.6 is 12.4 Å². The Kier molecular flexibility index (Phi) is 7.71. The van der Waals surface area contributed by atoms with Gasteiger partial charge in [0.1, 0.15) is 5.75 Å². The molecule has 6 nitrogen and oxygen atoms in total. The number of aliphatic imine (C=N–C) groups is 1. The van der Waals surface area contributed by atoms with Gasteiger partial charge in [-0.3, -0.25) is 14.6 Å². The average molecular weight is 354 g/mol. The van der Waals surface area contributed by atoms with Crippen molar-refractivity contribution in [2.75, 3.05) is 6.54 Å². The van der Waals surface area contributed by atoms with Crippen LogP contribution in [0.15, 0.2) is 29.3 Å². The van der Waals surface area contributed by atoms with Crippen LogP contribution < -0.4 is 16.2 Å². The van der Waals surface area contributed by atoms with Gasteiger partial charge in [-0.25, -0.2) is 0 Å². The summed E-state index contributed by atoms with van der Waals surface area (Å²) in [5, 5.41) is 0. The molecule has 0 radical (unpaired) electrons. The number of carbonyl (C=O) groups is 2. The monoisotopic (exact) mass is 353 g/mol. The molecule has 2 rings (SSSR count). The normalized spacial score (nSPS) is 19.7. The number of ketones is 1. The van der Waals surface area contributed by atoms with Crippen molar-refractivity contribution in [3.63, 3.8) is 0 Å². The number of para-hydroxylation sites is 1. The topological polar surface area (TPSA) is 108 Å². The molecule has 0 atom stereocenters. The smallest absolute Gasteiger partial charge is 0.314 e. The first kappa shape index (κ1) is 20.0. The first-order valence-corrected chi connectivity index (χ1v) is 7.84. The van der Waals surface area contributed by atoms with Crippen molar-refractivity contribution >= 4 is 30.1 Å². The van der Waals surface area contributed by atoms with Crippen LogP contribution in [0.25, 0.3) is 0 Å². The number of ether oxygens (including phenoxy) is 1. The number of esters is 1. The zero-order valence-electron chi connectivity index (χ0n) is 13.7. The van der Waals surface area contributed by atoms with E-state index in [1.807, 2.05) is 0 Å². The highest BCUT2D eigenvalue weighted by molar-refractivity contribution is 5.97. The van der Waals surface area contributed by atoms with Crippen molar-refractivity contribution in [3.05, 3.63) is 29.8 Å². The van der Waals surface area contributed by atoms with E-state index in [0.717, 1.165) is 25.7 Å². The van der Waals surface area contributed by atoms with E-state index >= 15 is 0 Å². The summed E-state index contributed by atoms with van der Waals surface area (Å²) in [5.74, 6) is 0.337. The summed E-state index contributed by atoms with van der Waals surface area (Å²) in [6, 6.07) is 6.82. The molecule has 0 unspecified atom stereocenters. The highest BCUT2D eigenvalue weighted by atomic mass is 35.5. The van der Waals surface area contributed by atoms with Crippen LogP contribution in [0.4, 0.5) is 0 Å². The summed E-state index contributed by atoms with van der Waals surface area (Å²) in [5.41, 5.74) is 11.1. The Balaban J connectivity index is 0.00000288. The van der Waals surface area contributed by atoms with Crippen molar-refractivity contribution in [3.8, 4) is 5.75 Å². The van der Waals surface area contributed by atoms with Gasteiger partial charge in [-0.2, -0.15) is 0 Å². The lowest BCUT2D eigenvalue weighted by Gasteiger charge is -2.26. The first-order valence-electron chi connectivity index (χ1n) is 7.84. The third-order valence-electron chi connectivity index (χ3n) is 4.19. The first-order chi connectivity index (χ1) is 11.0. The molecule has 132 valence electrons. The van der Waals surface area contributed by atoms with Crippen LogP contribution in [-0.2, 0) is 4.79 Å². The summed E-state index contributed by atoms with van der Waals surface area (Å²) in [4.78, 5) is 27.9. The number of hydrogen-bond acceptors (Lipinski definition) is 4. The summed E-state index contributed by atoms with van der Waals surface area (Å²) < 4.78 is 5.45. The SMILES string of the molecule is CC(=O)c1ccccc1OC(=O)C1CCC(CN=C(N)N)CC1.Cl. The Hall–Kier alpha value is -2.08. The highest BCUT2D eigenvalue weighted by Crippen LogP contribution is 2.30. The predicted octanol–water partition coefficient (Wildman–Crippen LogP) is 2.30. The zero-order chi connectivity index (χ0) is 16.8. The lowest BCUT2D eigenvalue weighted by Crippen LogP contribution is -2.28. The molecular weight excluding hydrogens is 330 g/mol. The molecule has 0 heterocycles. The Labute approximate surface area is 148 Å². The quantitative estimate of drug-likeness (QED) is 0.277. The summed E-state index contributed by atoms with van der Waals surface area (Å²) >= 11 is 0. The number of rotatable bonds is 5. The van der Waals surface area contributed by atoms with Gasteiger partial charge in [0.15, 0.2) is 11.7 Å². The summed E-state index contributed by atoms with van der Waals surface area (Å²) in [6.45, 7) is 2.07. The zero-order valence-corrected chi connectivity index (χ0v) is 14.6. The van der Waals surface area contributed by atoms with Crippen LogP contribution in [0.1, 0.15) is 43.0 Å². The summed E-state index contributed by atoms with van der Waals surface area (Å²) in [7, 11) is 0. The maximum atomic E-state index is 12.3. The number of Topliss-reactive ketones (excluding diaryl/α,β-unsaturated/α-hetero) is 1. The number of nitrogens with two attached hydrogens (primary N) is 2. The minimum Gasteiger partial charge on any atom is -0.426 e. The van der Waals surface area contributed by atoms with Gasteiger partial charge in [-0.05, 0) is 50.7 Å². The highest BCUT2D eigenvalue weighted by Gasteiger charge is 2.28. The minimum absolute atomic E-state index is 0. The van der Waals surface area contributed by atoms with Crippen LogP contribution in [0.3, 0.4) is 0 Å². The van der Waals surface area contributed by atoms with E-state index in [4.69, 9.17) is 16.2 Å². The molecule has 0 amide bonds. The van der Waals surface area contributed by atoms with Gasteiger partial charge < -0.3 is 16.2 Å². The van der Waals surface area contributed by atoms with E-state index in [1.165, 1.54) is 6.92 Å². The van der Waals surface area contributed by atoms with Crippen LogP contribution in [0.2, 0.25) is 0 Å². The molecule has 1 saturated carbocycles. The van der Waals surface area contributed by atoms with Crippen molar-refractivity contribution in [1.29, 1.82) is 0 Å². The molecule has 4 N–H and O–H groups in total. The van der Waals surface area contributed by atoms with E-state index in [-0.39, 0.29) is 36.0 Å². The van der Waals surface area contributed by atoms with Gasteiger partial charge in [-0.1, -0.05) is 12.1 Å². The fourth-order valence-corrected chi connectivity index (χ4v) is 2.85. The molecule has 0 aliphatic heterocycles. The number of guanidine groups is 1. The Morgan fingerprint density at radius 3 is 2.38 bits per heavy atom. The van der Waals surface area contributed by atoms with E-state index in [9.17, 15) is 9.59 Å². The Morgan fingerprint density at radius 1 is 1.17 bits per heavy atom. The third-order valence-corrected chi connectivity index (χ3v) is 4.19. The van der Waals surface area contributed by atoms with Gasteiger partial charge >= 0.3 is 5.97 Å². The Morgan fingerprint density at radius 2 is 1.79 bits per heavy atom. The van der Waals surface area contributed by atoms with Crippen molar-refractivity contribution in [1.82, 2.24) is 0 Å². The molecule has 1 fully saturated rings. The molecule has 0 bridgehead atoms. The average Bonchev–Trinajstić information content (AvgIpc) is 2.53. The third kappa shape index (κ3) is 5.53. The van der Waals surface area contributed by atoms with Crippen LogP contribution in [0.5, 0.6) is 5.75 Å². The largest absolute Gasteiger partial charge is 0.426 e. The maximum Gasteiger partial charge on any atom is 0.314 e. The maximum absolute atomic E-state index is 12.3. The van der Waals surface area contributed by atoms with E-state index in [0.29, 0.717) is 23.8 Å². The number of carbonyl (C=O) groups excluding carboxylic acids is 2. The van der Waals surface area contributed by atoms with Crippen LogP contribution in [-0.4, -0.2) is 24.3 Å². The Bertz CT molecular complexity index is 607. The van der Waals surface area contributed by atoms with Gasteiger partial charge in [0.25, 0.3) is 0 Å². The molecule has 0 spiro atoms. The van der Waals surface area contributed by atoms with Gasteiger partial charge in [-0.15, -0.1) is 12.4 Å². The van der Waals surface area contributed by atoms with Gasteiger partial charge in [0, 0.05) is 6.54 Å². The predicted molar refractivity (Wildman–Crippen MR) is 95.5 cm³/mol. The number of benzene rings is 1. The van der Waals surface area contributed by atoms with E-state index in [2.05, 4.69) is 4.99 Å². The van der Waals surface area contributed by atoms with Gasteiger partial charge in [0.05, 0.1) is 11.5 Å². The van der Waals surface area contributed by atoms with Gasteiger partial charge in [0.2, 0.25) is 0 Å². The number of hydrogen-bond donors (Lipinski definition) is 2. The van der Waals surface area contributed by atoms with Crippen molar-refractivity contribution in [2.45, 2.75) is 32.6 Å². The standard InChI is InChI=1S/C17H23N3O3.ClH/c1-11(21)14-4-2-3-5-15(14)23-16(22)13-8-6-12(7-9-13)10-20-17(18)19;/h2-5,12-13H,6-10H2,1H3,(H4,18,19,20);1H. The molecule has 24 heavy (non-hydrogen) atoms. The second-order valence-corrected chi connectivity index (χ2v) is 5.96. The number of nitrogens with zero attached hydrogens (tertiary/aromatic N) is 1. The fourth-order valence-electron chi connectivity index (χ4n) is 2.85. The molecule has 1 aromatic rings. The molecule has 7 heteroatoms. The molecule has 0 aromatic heterocycles. The lowest BCUT2D eigenvalue weighted by molar-refractivity contribution is -0.140. The molecule has 1 aliphatic rings. The second-order valence-electron chi connectivity index (χ2n) is 5.96. The van der Waals surface area contributed by atoms with E-state index < -0.39 is 0 Å². The fraction of sp³-hybridized carbons (Fsp3) is 0.471. The second kappa shape index (κ2) is 9.27. The molecular formula is C17H24ClN3O3.